The molecule has 1 amide bonds. The van der Waals surface area contributed by atoms with Gasteiger partial charge in [0.15, 0.2) is 17.6 Å². The molecule has 9 heteroatoms. The smallest absolute Gasteiger partial charge is 0.339 e. The number of ether oxygens (including phenoxy) is 4. The number of carbonyl (C=O) groups excluding carboxylic acids is 2. The first-order chi connectivity index (χ1) is 13.4. The number of fused-ring (bicyclic) bond motifs is 1. The Morgan fingerprint density at radius 1 is 1.14 bits per heavy atom. The molecule has 1 atom stereocenters. The van der Waals surface area contributed by atoms with Crippen molar-refractivity contribution < 1.29 is 37.3 Å². The lowest BCUT2D eigenvalue weighted by Crippen LogP contribution is -2.30. The summed E-state index contributed by atoms with van der Waals surface area (Å²) in [5.41, 5.74) is -0.135. The predicted molar refractivity (Wildman–Crippen MR) is 93.8 cm³/mol. The summed E-state index contributed by atoms with van der Waals surface area (Å²) in [7, 11) is 1.41. The van der Waals surface area contributed by atoms with Crippen LogP contribution in [0.4, 0.5) is 14.5 Å². The molecule has 0 bridgehead atoms. The second kappa shape index (κ2) is 8.12. The molecule has 0 aromatic heterocycles. The number of methoxy groups -OCH3 is 1. The van der Waals surface area contributed by atoms with Crippen molar-refractivity contribution >= 4 is 17.6 Å². The second-order valence-corrected chi connectivity index (χ2v) is 5.86. The van der Waals surface area contributed by atoms with Gasteiger partial charge in [0.1, 0.15) is 24.8 Å². The number of amides is 1. The van der Waals surface area contributed by atoms with Crippen LogP contribution >= 0.6 is 0 Å². The maximum absolute atomic E-state index is 13.6. The highest BCUT2D eigenvalue weighted by molar-refractivity contribution is 5.97. The van der Waals surface area contributed by atoms with E-state index < -0.39 is 29.6 Å². The van der Waals surface area contributed by atoms with E-state index in [1.807, 2.05) is 0 Å². The van der Waals surface area contributed by atoms with Crippen LogP contribution < -0.4 is 19.5 Å². The average molecular weight is 393 g/mol. The highest BCUT2D eigenvalue weighted by atomic mass is 19.1. The van der Waals surface area contributed by atoms with Gasteiger partial charge in [-0.2, -0.15) is 0 Å². The average Bonchev–Trinajstić information content (AvgIpc) is 2.68. The van der Waals surface area contributed by atoms with Crippen molar-refractivity contribution in [2.45, 2.75) is 13.0 Å². The lowest BCUT2D eigenvalue weighted by molar-refractivity contribution is -0.123. The fraction of sp³-hybridized carbons (Fsp3) is 0.263. The zero-order valence-electron chi connectivity index (χ0n) is 15.1. The van der Waals surface area contributed by atoms with Crippen molar-refractivity contribution in [3.8, 4) is 17.2 Å². The minimum Gasteiger partial charge on any atom is -0.493 e. The summed E-state index contributed by atoms with van der Waals surface area (Å²) in [5.74, 6) is -2.31. The second-order valence-electron chi connectivity index (χ2n) is 5.86. The lowest BCUT2D eigenvalue weighted by atomic mass is 10.1. The van der Waals surface area contributed by atoms with Gasteiger partial charge in [-0.05, 0) is 31.2 Å². The van der Waals surface area contributed by atoms with Gasteiger partial charge in [-0.15, -0.1) is 0 Å². The zero-order chi connectivity index (χ0) is 20.3. The molecule has 148 valence electrons. The molecule has 0 radical (unpaired) electrons. The van der Waals surface area contributed by atoms with E-state index in [-0.39, 0.29) is 17.0 Å². The monoisotopic (exact) mass is 393 g/mol. The van der Waals surface area contributed by atoms with Gasteiger partial charge in [0.25, 0.3) is 5.91 Å². The number of esters is 1. The maximum Gasteiger partial charge on any atom is 0.339 e. The third-order valence-electron chi connectivity index (χ3n) is 3.91. The highest BCUT2D eigenvalue weighted by Crippen LogP contribution is 2.40. The van der Waals surface area contributed by atoms with E-state index in [0.717, 1.165) is 12.1 Å². The molecule has 2 aromatic rings. The van der Waals surface area contributed by atoms with Crippen LogP contribution in [0.2, 0.25) is 0 Å². The van der Waals surface area contributed by atoms with E-state index in [1.165, 1.54) is 26.2 Å². The Morgan fingerprint density at radius 2 is 1.89 bits per heavy atom. The molecule has 1 heterocycles. The SMILES string of the molecule is COc1cc(C(=O)O[C@H](C)C(=O)Nc2ccc(F)cc2F)cc2c1OCCO2. The van der Waals surface area contributed by atoms with E-state index in [2.05, 4.69) is 5.32 Å². The summed E-state index contributed by atoms with van der Waals surface area (Å²) in [6.07, 6.45) is -1.24. The molecule has 2 aromatic carbocycles. The Labute approximate surface area is 159 Å². The molecular weight excluding hydrogens is 376 g/mol. The number of rotatable bonds is 5. The molecular formula is C19H17F2NO6. The Hall–Kier alpha value is -3.36. The summed E-state index contributed by atoms with van der Waals surface area (Å²) >= 11 is 0. The zero-order valence-corrected chi connectivity index (χ0v) is 15.1. The van der Waals surface area contributed by atoms with Gasteiger partial charge in [-0.3, -0.25) is 4.79 Å². The number of halogens is 2. The number of hydrogen-bond donors (Lipinski definition) is 1. The fourth-order valence-electron chi connectivity index (χ4n) is 2.50. The quantitative estimate of drug-likeness (QED) is 0.787. The van der Waals surface area contributed by atoms with Crippen LogP contribution in [-0.2, 0) is 9.53 Å². The van der Waals surface area contributed by atoms with Crippen molar-refractivity contribution in [2.75, 3.05) is 25.6 Å². The molecule has 3 rings (SSSR count). The Kier molecular flexibility index (Phi) is 5.62. The number of anilines is 1. The third kappa shape index (κ3) is 4.13. The lowest BCUT2D eigenvalue weighted by Gasteiger charge is -2.21. The Bertz CT molecular complexity index is 900. The van der Waals surface area contributed by atoms with Gasteiger partial charge in [-0.25, -0.2) is 13.6 Å². The minimum atomic E-state index is -1.24. The van der Waals surface area contributed by atoms with Crippen molar-refractivity contribution in [2.24, 2.45) is 0 Å². The molecule has 0 aliphatic carbocycles. The van der Waals surface area contributed by atoms with Crippen LogP contribution in [0.15, 0.2) is 30.3 Å². The summed E-state index contributed by atoms with van der Waals surface area (Å²) in [4.78, 5) is 24.6. The van der Waals surface area contributed by atoms with E-state index in [9.17, 15) is 18.4 Å². The fourth-order valence-corrected chi connectivity index (χ4v) is 2.50. The summed E-state index contributed by atoms with van der Waals surface area (Å²) < 4.78 is 47.8. The first-order valence-corrected chi connectivity index (χ1v) is 8.33. The summed E-state index contributed by atoms with van der Waals surface area (Å²) in [5, 5.41) is 2.24. The molecule has 1 aliphatic heterocycles. The van der Waals surface area contributed by atoms with Gasteiger partial charge in [-0.1, -0.05) is 0 Å². The first-order valence-electron chi connectivity index (χ1n) is 8.33. The summed E-state index contributed by atoms with van der Waals surface area (Å²) in [6, 6.07) is 5.52. The van der Waals surface area contributed by atoms with Crippen molar-refractivity contribution in [1.29, 1.82) is 0 Å². The van der Waals surface area contributed by atoms with Gasteiger partial charge in [0.2, 0.25) is 5.75 Å². The number of benzene rings is 2. The third-order valence-corrected chi connectivity index (χ3v) is 3.91. The normalized spacial score (nSPS) is 13.4. The molecule has 1 N–H and O–H groups in total. The molecule has 0 saturated carbocycles. The standard InChI is InChI=1S/C19H17F2NO6/c1-10(18(23)22-14-4-3-12(20)9-13(14)21)28-19(24)11-7-15(25-2)17-16(8-11)26-5-6-27-17/h3-4,7-10H,5-6H2,1-2H3,(H,22,23)/t10-/m1/s1. The van der Waals surface area contributed by atoms with E-state index in [0.29, 0.717) is 30.8 Å². The van der Waals surface area contributed by atoms with E-state index in [1.54, 1.807) is 0 Å². The van der Waals surface area contributed by atoms with Crippen LogP contribution in [0, 0.1) is 11.6 Å². The molecule has 0 spiro atoms. The predicted octanol–water partition coefficient (Wildman–Crippen LogP) is 2.93. The molecule has 7 nitrogen and oxygen atoms in total. The maximum atomic E-state index is 13.6. The number of hydrogen-bond acceptors (Lipinski definition) is 6. The van der Waals surface area contributed by atoms with Crippen molar-refractivity contribution in [3.05, 3.63) is 47.5 Å². The molecule has 28 heavy (non-hydrogen) atoms. The Morgan fingerprint density at radius 3 is 2.61 bits per heavy atom. The van der Waals surface area contributed by atoms with Crippen LogP contribution in [0.3, 0.4) is 0 Å². The summed E-state index contributed by atoms with van der Waals surface area (Å²) in [6.45, 7) is 1.99. The van der Waals surface area contributed by atoms with Crippen molar-refractivity contribution in [1.82, 2.24) is 0 Å². The Balaban J connectivity index is 1.70. The van der Waals surface area contributed by atoms with Gasteiger partial charge < -0.3 is 24.3 Å². The van der Waals surface area contributed by atoms with Crippen molar-refractivity contribution in [3.63, 3.8) is 0 Å². The van der Waals surface area contributed by atoms with Crippen LogP contribution in [0.25, 0.3) is 0 Å². The van der Waals surface area contributed by atoms with Gasteiger partial charge >= 0.3 is 5.97 Å². The van der Waals surface area contributed by atoms with Gasteiger partial charge in [0, 0.05) is 6.07 Å². The molecule has 1 aliphatic rings. The van der Waals surface area contributed by atoms with E-state index in [4.69, 9.17) is 18.9 Å². The topological polar surface area (TPSA) is 83.1 Å². The van der Waals surface area contributed by atoms with Crippen LogP contribution in [0.5, 0.6) is 17.2 Å². The molecule has 0 unspecified atom stereocenters. The number of carbonyl (C=O) groups is 2. The van der Waals surface area contributed by atoms with E-state index >= 15 is 0 Å². The highest BCUT2D eigenvalue weighted by Gasteiger charge is 2.24. The van der Waals surface area contributed by atoms with Gasteiger partial charge in [0.05, 0.1) is 18.4 Å². The minimum absolute atomic E-state index is 0.0914. The van der Waals surface area contributed by atoms with Crippen LogP contribution in [0.1, 0.15) is 17.3 Å². The largest absolute Gasteiger partial charge is 0.493 e. The molecule has 0 saturated heterocycles. The number of nitrogens with one attached hydrogen (secondary N) is 1. The molecule has 0 fully saturated rings. The van der Waals surface area contributed by atoms with Crippen LogP contribution in [-0.4, -0.2) is 38.3 Å². The first kappa shape index (κ1) is 19.4.